The smallest absolute Gasteiger partial charge is 2.00 e. The molecule has 0 bridgehead atoms. The van der Waals surface area contributed by atoms with Gasteiger partial charge in [0.05, 0.1) is 0 Å². The summed E-state index contributed by atoms with van der Waals surface area (Å²) in [5.41, 5.74) is 0. The van der Waals surface area contributed by atoms with Crippen LogP contribution in [-0.2, 0) is 9.59 Å². The van der Waals surface area contributed by atoms with Gasteiger partial charge in [-0.05, 0) is 0 Å². The van der Waals surface area contributed by atoms with Gasteiger partial charge in [-0.3, -0.25) is 0 Å². The van der Waals surface area contributed by atoms with Gasteiger partial charge in [0.25, 0.3) is 0 Å². The number of rotatable bonds is 0. The Kier molecular flexibility index (Phi) is 127. The Morgan fingerprint density at radius 3 is 1.00 bits per heavy atom. The minimum absolute atomic E-state index is 0. The zero-order valence-electron chi connectivity index (χ0n) is 3.49. The Labute approximate surface area is 92.4 Å². The summed E-state index contributed by atoms with van der Waals surface area (Å²) < 4.78 is 0. The molecule has 40 valence electrons. The van der Waals surface area contributed by atoms with Crippen molar-refractivity contribution >= 4 is 73.7 Å². The molecule has 0 amide bonds. The van der Waals surface area contributed by atoms with E-state index in [0.29, 0.717) is 0 Å². The molecule has 0 aliphatic carbocycles. The van der Waals surface area contributed by atoms with Crippen LogP contribution in [0, 0.1) is 0 Å². The summed E-state index contributed by atoms with van der Waals surface area (Å²) >= 11 is 0. The van der Waals surface area contributed by atoms with Gasteiger partial charge in [0, 0.05) is 12.9 Å². The second-order valence-corrected chi connectivity index (χ2v) is 0.192. The van der Waals surface area contributed by atoms with Crippen molar-refractivity contribution in [3.05, 3.63) is 0 Å². The predicted octanol–water partition coefficient (Wildman–Crippen LogP) is -4.56. The summed E-state index contributed by atoms with van der Waals surface area (Å²) in [6, 6.07) is 0. The zero-order valence-corrected chi connectivity index (χ0v) is 4.91. The number of carbonyl (C=O) groups is 2. The molecule has 8 heavy (non-hydrogen) atoms. The van der Waals surface area contributed by atoms with Crippen LogP contribution < -0.4 is 10.2 Å². The van der Waals surface area contributed by atoms with E-state index in [2.05, 4.69) is 0 Å². The molecule has 0 aromatic rings. The van der Waals surface area contributed by atoms with E-state index < -0.39 is 12.9 Å². The summed E-state index contributed by atoms with van der Waals surface area (Å²) in [5.74, 6) is 0. The van der Waals surface area contributed by atoms with E-state index in [1.54, 1.807) is 0 Å². The Hall–Kier alpha value is 0.966. The molecule has 0 aliphatic heterocycles. The molecule has 4 nitrogen and oxygen atoms in total. The molecule has 0 unspecified atom stereocenters. The molecule has 0 spiro atoms. The SMILES string of the molecule is O=C[O-].O=C[O-].[CaH2].[Mg+2]. The standard InChI is InChI=1S/2CH2O2.Ca.Mg.2H/c2*2-1-3;;;;/h2*1H,(H,2,3);;;;/q;;;+2;;/p-2. The fraction of sp³-hybridized carbons (Fsp3) is 0. The van der Waals surface area contributed by atoms with Crippen molar-refractivity contribution < 1.29 is 19.8 Å². The third-order valence-corrected chi connectivity index (χ3v) is 0. The van der Waals surface area contributed by atoms with E-state index in [-0.39, 0.29) is 60.8 Å². The van der Waals surface area contributed by atoms with Crippen LogP contribution in [0.1, 0.15) is 0 Å². The van der Waals surface area contributed by atoms with E-state index in [4.69, 9.17) is 19.8 Å². The number of carbonyl (C=O) groups excluding carboxylic acids is 2. The van der Waals surface area contributed by atoms with E-state index in [9.17, 15) is 0 Å². The molecular formula is C2H4CaMgO4. The molecule has 0 heterocycles. The van der Waals surface area contributed by atoms with Crippen molar-refractivity contribution in [2.75, 3.05) is 0 Å². The molecule has 0 aromatic carbocycles. The van der Waals surface area contributed by atoms with Gasteiger partial charge in [-0.15, -0.1) is 0 Å². The molecule has 0 aliphatic rings. The fourth-order valence-electron chi connectivity index (χ4n) is 0. The molecule has 6 heteroatoms. The monoisotopic (exact) mass is 156 g/mol. The van der Waals surface area contributed by atoms with Crippen molar-refractivity contribution in [3.63, 3.8) is 0 Å². The Bertz CT molecular complexity index is 35.0. The molecule has 0 saturated carbocycles. The quantitative estimate of drug-likeness (QED) is 0.261. The summed E-state index contributed by atoms with van der Waals surface area (Å²) in [6.07, 6.45) is 0. The third-order valence-electron chi connectivity index (χ3n) is 0. The molecule has 0 fully saturated rings. The van der Waals surface area contributed by atoms with Gasteiger partial charge in [-0.2, -0.15) is 0 Å². The minimum atomic E-state index is -0.500. The van der Waals surface area contributed by atoms with E-state index in [1.165, 1.54) is 0 Å². The molecule has 0 saturated heterocycles. The first kappa shape index (κ1) is 23.1. The topological polar surface area (TPSA) is 80.3 Å². The maximum Gasteiger partial charge on any atom is 2.00 e. The van der Waals surface area contributed by atoms with Crippen molar-refractivity contribution in [1.82, 2.24) is 0 Å². The van der Waals surface area contributed by atoms with Crippen molar-refractivity contribution in [2.24, 2.45) is 0 Å². The van der Waals surface area contributed by atoms with E-state index in [0.717, 1.165) is 0 Å². The second-order valence-electron chi connectivity index (χ2n) is 0.192. The third kappa shape index (κ3) is 266. The molecule has 0 N–H and O–H groups in total. The van der Waals surface area contributed by atoms with Crippen LogP contribution in [-0.4, -0.2) is 73.7 Å². The van der Waals surface area contributed by atoms with Crippen LogP contribution in [0.4, 0.5) is 0 Å². The average molecular weight is 156 g/mol. The molecule has 0 rings (SSSR count). The van der Waals surface area contributed by atoms with Crippen LogP contribution in [0.5, 0.6) is 0 Å². The van der Waals surface area contributed by atoms with Crippen LogP contribution in [0.15, 0.2) is 0 Å². The zero-order chi connectivity index (χ0) is 5.41. The molecule has 0 radical (unpaired) electrons. The number of hydrogen-bond acceptors (Lipinski definition) is 4. The van der Waals surface area contributed by atoms with Crippen LogP contribution >= 0.6 is 0 Å². The van der Waals surface area contributed by atoms with Gasteiger partial charge < -0.3 is 19.8 Å². The number of hydrogen-bond donors (Lipinski definition) is 0. The van der Waals surface area contributed by atoms with Gasteiger partial charge in [-0.25, -0.2) is 0 Å². The van der Waals surface area contributed by atoms with Crippen LogP contribution in [0.3, 0.4) is 0 Å². The van der Waals surface area contributed by atoms with Gasteiger partial charge in [-0.1, -0.05) is 0 Å². The fourth-order valence-corrected chi connectivity index (χ4v) is 0. The second kappa shape index (κ2) is 43.9. The summed E-state index contributed by atoms with van der Waals surface area (Å²) in [7, 11) is 0. The molecular weight excluding hydrogens is 152 g/mol. The number of carboxylic acid groups (broad SMARTS) is 2. The van der Waals surface area contributed by atoms with Crippen LogP contribution in [0.25, 0.3) is 0 Å². The predicted molar refractivity (Wildman–Crippen MR) is 26.4 cm³/mol. The largest absolute Gasteiger partial charge is 2.00 e. The molecule has 0 aromatic heterocycles. The van der Waals surface area contributed by atoms with Crippen LogP contribution in [0.2, 0.25) is 0 Å². The van der Waals surface area contributed by atoms with Crippen molar-refractivity contribution in [2.45, 2.75) is 0 Å². The van der Waals surface area contributed by atoms with E-state index in [1.807, 2.05) is 0 Å². The Morgan fingerprint density at radius 2 is 1.00 bits per heavy atom. The summed E-state index contributed by atoms with van der Waals surface area (Å²) in [5, 5.41) is 16.5. The average Bonchev–Trinajstić information content (AvgIpc) is 1.39. The Balaban J connectivity index is -0.0000000160. The first-order valence-corrected chi connectivity index (χ1v) is 0.943. The normalized spacial score (nSPS) is 3.00. The van der Waals surface area contributed by atoms with Crippen molar-refractivity contribution in [1.29, 1.82) is 0 Å². The maximum atomic E-state index is 8.25. The first-order chi connectivity index (χ1) is 2.83. The Morgan fingerprint density at radius 1 is 1.00 bits per heavy atom. The van der Waals surface area contributed by atoms with E-state index >= 15 is 0 Å². The van der Waals surface area contributed by atoms with Gasteiger partial charge >= 0.3 is 60.8 Å². The van der Waals surface area contributed by atoms with Crippen molar-refractivity contribution in [3.8, 4) is 0 Å². The van der Waals surface area contributed by atoms with Gasteiger partial charge in [0.1, 0.15) is 0 Å². The van der Waals surface area contributed by atoms with Gasteiger partial charge in [0.2, 0.25) is 0 Å². The molecule has 0 atom stereocenters. The van der Waals surface area contributed by atoms with Gasteiger partial charge in [0.15, 0.2) is 0 Å². The minimum Gasteiger partial charge on any atom is 2.00 e. The first-order valence-electron chi connectivity index (χ1n) is 0.943. The maximum absolute atomic E-state index is 8.25. The summed E-state index contributed by atoms with van der Waals surface area (Å²) in [4.78, 5) is 16.5. The summed E-state index contributed by atoms with van der Waals surface area (Å²) in [6.45, 7) is -1.00.